The van der Waals surface area contributed by atoms with Gasteiger partial charge in [0.25, 0.3) is 5.69 Å². The molecule has 0 bridgehead atoms. The highest BCUT2D eigenvalue weighted by molar-refractivity contribution is 6.32. The van der Waals surface area contributed by atoms with Gasteiger partial charge in [-0.25, -0.2) is 0 Å². The van der Waals surface area contributed by atoms with Crippen molar-refractivity contribution in [2.45, 2.75) is 12.5 Å². The topological polar surface area (TPSA) is 61.6 Å². The van der Waals surface area contributed by atoms with Crippen LogP contribution in [0.25, 0.3) is 0 Å². The third kappa shape index (κ3) is 2.43. The van der Waals surface area contributed by atoms with Gasteiger partial charge >= 0.3 is 0 Å². The summed E-state index contributed by atoms with van der Waals surface area (Å²) in [5, 5.41) is 11.0. The largest absolute Gasteiger partial charge is 0.486 e. The molecule has 1 fully saturated rings. The van der Waals surface area contributed by atoms with Crippen LogP contribution in [0.4, 0.5) is 5.69 Å². The number of ether oxygens (including phenoxy) is 2. The smallest absolute Gasteiger partial charge is 0.273 e. The summed E-state index contributed by atoms with van der Waals surface area (Å²) in [6.45, 7) is 1.15. The monoisotopic (exact) mass is 243 g/mol. The quantitative estimate of drug-likeness (QED) is 0.604. The summed E-state index contributed by atoms with van der Waals surface area (Å²) in [5.41, 5.74) is -0.0293. The summed E-state index contributed by atoms with van der Waals surface area (Å²) in [6, 6.07) is 4.14. The van der Waals surface area contributed by atoms with E-state index in [2.05, 4.69) is 0 Å². The molecule has 1 aliphatic heterocycles. The Labute approximate surface area is 97.1 Å². The number of hydrogen-bond acceptors (Lipinski definition) is 4. The summed E-state index contributed by atoms with van der Waals surface area (Å²) in [4.78, 5) is 10.1. The Morgan fingerprint density at radius 1 is 1.56 bits per heavy atom. The predicted molar refractivity (Wildman–Crippen MR) is 58.0 cm³/mol. The van der Waals surface area contributed by atoms with Crippen LogP contribution in [-0.4, -0.2) is 24.2 Å². The van der Waals surface area contributed by atoms with Crippen LogP contribution >= 0.6 is 11.6 Å². The Kier molecular flexibility index (Phi) is 3.26. The SMILES string of the molecule is O=[N+]([O-])c1ccc(Cl)c(OC2CCOC2)c1. The molecule has 2 rings (SSSR count). The first-order valence-electron chi connectivity index (χ1n) is 4.85. The minimum absolute atomic E-state index is 0.0293. The van der Waals surface area contributed by atoms with E-state index in [0.717, 1.165) is 6.42 Å². The second kappa shape index (κ2) is 4.67. The van der Waals surface area contributed by atoms with Crippen molar-refractivity contribution in [1.29, 1.82) is 0 Å². The molecule has 1 aliphatic rings. The fourth-order valence-corrected chi connectivity index (χ4v) is 1.64. The number of nitro groups is 1. The molecule has 1 heterocycles. The van der Waals surface area contributed by atoms with Crippen LogP contribution in [0.15, 0.2) is 18.2 Å². The van der Waals surface area contributed by atoms with Crippen LogP contribution in [-0.2, 0) is 4.74 Å². The van der Waals surface area contributed by atoms with Crippen molar-refractivity contribution in [3.05, 3.63) is 33.3 Å². The normalized spacial score (nSPS) is 19.7. The molecule has 1 saturated heterocycles. The van der Waals surface area contributed by atoms with Crippen molar-refractivity contribution in [2.75, 3.05) is 13.2 Å². The van der Waals surface area contributed by atoms with Crippen LogP contribution in [0, 0.1) is 10.1 Å². The van der Waals surface area contributed by atoms with E-state index in [1.54, 1.807) is 0 Å². The molecule has 0 saturated carbocycles. The van der Waals surface area contributed by atoms with Gasteiger partial charge in [0.2, 0.25) is 0 Å². The zero-order valence-electron chi connectivity index (χ0n) is 8.39. The van der Waals surface area contributed by atoms with Crippen molar-refractivity contribution in [2.24, 2.45) is 0 Å². The summed E-state index contributed by atoms with van der Waals surface area (Å²) >= 11 is 5.89. The Bertz CT molecular complexity index is 404. The first-order valence-corrected chi connectivity index (χ1v) is 5.23. The van der Waals surface area contributed by atoms with E-state index in [1.807, 2.05) is 0 Å². The first-order chi connectivity index (χ1) is 7.66. The third-order valence-electron chi connectivity index (χ3n) is 2.31. The molecule has 1 unspecified atom stereocenters. The Morgan fingerprint density at radius 2 is 2.38 bits per heavy atom. The average molecular weight is 244 g/mol. The fourth-order valence-electron chi connectivity index (χ4n) is 1.48. The van der Waals surface area contributed by atoms with Gasteiger partial charge in [0.15, 0.2) is 0 Å². The highest BCUT2D eigenvalue weighted by atomic mass is 35.5. The van der Waals surface area contributed by atoms with Crippen molar-refractivity contribution in [3.8, 4) is 5.75 Å². The highest BCUT2D eigenvalue weighted by Gasteiger charge is 2.19. The number of benzene rings is 1. The minimum atomic E-state index is -0.478. The van der Waals surface area contributed by atoms with Gasteiger partial charge in [-0.1, -0.05) is 11.6 Å². The van der Waals surface area contributed by atoms with Gasteiger partial charge in [-0.15, -0.1) is 0 Å². The van der Waals surface area contributed by atoms with Crippen LogP contribution in [0.5, 0.6) is 5.75 Å². The Morgan fingerprint density at radius 3 is 3.00 bits per heavy atom. The van der Waals surface area contributed by atoms with E-state index >= 15 is 0 Å². The molecule has 1 atom stereocenters. The predicted octanol–water partition coefficient (Wildman–Crippen LogP) is 2.42. The van der Waals surface area contributed by atoms with Crippen LogP contribution in [0.1, 0.15) is 6.42 Å². The first kappa shape index (κ1) is 11.2. The van der Waals surface area contributed by atoms with Crippen LogP contribution in [0.3, 0.4) is 0 Å². The van der Waals surface area contributed by atoms with Gasteiger partial charge in [-0.3, -0.25) is 10.1 Å². The standard InChI is InChI=1S/C10H10ClNO4/c11-9-2-1-7(12(13)14)5-10(9)16-8-3-4-15-6-8/h1-2,5,8H,3-4,6H2. The molecule has 0 amide bonds. The summed E-state index contributed by atoms with van der Waals surface area (Å²) in [5.74, 6) is 0.339. The van der Waals surface area contributed by atoms with E-state index in [0.29, 0.717) is 24.0 Å². The second-order valence-corrected chi connectivity index (χ2v) is 3.88. The van der Waals surface area contributed by atoms with Crippen LogP contribution < -0.4 is 4.74 Å². The molecule has 1 aromatic rings. The maximum Gasteiger partial charge on any atom is 0.273 e. The van der Waals surface area contributed by atoms with Crippen molar-refractivity contribution >= 4 is 17.3 Å². The number of nitro benzene ring substituents is 1. The molecule has 0 radical (unpaired) electrons. The summed E-state index contributed by atoms with van der Waals surface area (Å²) in [7, 11) is 0. The van der Waals surface area contributed by atoms with Gasteiger partial charge in [-0.05, 0) is 6.07 Å². The van der Waals surface area contributed by atoms with Gasteiger partial charge in [-0.2, -0.15) is 0 Å². The van der Waals surface area contributed by atoms with Gasteiger partial charge < -0.3 is 9.47 Å². The molecule has 1 aromatic carbocycles. The number of halogens is 1. The lowest BCUT2D eigenvalue weighted by molar-refractivity contribution is -0.384. The zero-order valence-corrected chi connectivity index (χ0v) is 9.14. The number of hydrogen-bond donors (Lipinski definition) is 0. The molecular formula is C10H10ClNO4. The van der Waals surface area contributed by atoms with E-state index in [1.165, 1.54) is 18.2 Å². The number of nitrogens with zero attached hydrogens (tertiary/aromatic N) is 1. The Balaban J connectivity index is 2.17. The maximum absolute atomic E-state index is 10.6. The number of rotatable bonds is 3. The highest BCUT2D eigenvalue weighted by Crippen LogP contribution is 2.30. The zero-order chi connectivity index (χ0) is 11.5. The fraction of sp³-hybridized carbons (Fsp3) is 0.400. The lowest BCUT2D eigenvalue weighted by Crippen LogP contribution is -2.15. The lowest BCUT2D eigenvalue weighted by atomic mass is 10.3. The number of non-ortho nitro benzene ring substituents is 1. The molecule has 0 aromatic heterocycles. The molecule has 5 nitrogen and oxygen atoms in total. The van der Waals surface area contributed by atoms with Gasteiger partial charge in [0.1, 0.15) is 11.9 Å². The van der Waals surface area contributed by atoms with Crippen molar-refractivity contribution < 1.29 is 14.4 Å². The summed E-state index contributed by atoms with van der Waals surface area (Å²) < 4.78 is 10.7. The van der Waals surface area contributed by atoms with Crippen molar-refractivity contribution in [1.82, 2.24) is 0 Å². The molecule has 0 N–H and O–H groups in total. The van der Waals surface area contributed by atoms with Gasteiger partial charge in [0, 0.05) is 12.5 Å². The summed E-state index contributed by atoms with van der Waals surface area (Å²) in [6.07, 6.45) is 0.707. The maximum atomic E-state index is 10.6. The molecule has 0 spiro atoms. The van der Waals surface area contributed by atoms with Crippen LogP contribution in [0.2, 0.25) is 5.02 Å². The Hall–Kier alpha value is -1.33. The molecule has 16 heavy (non-hydrogen) atoms. The van der Waals surface area contributed by atoms with Gasteiger partial charge in [0.05, 0.1) is 29.2 Å². The lowest BCUT2D eigenvalue weighted by Gasteiger charge is -2.12. The third-order valence-corrected chi connectivity index (χ3v) is 2.62. The van der Waals surface area contributed by atoms with E-state index in [4.69, 9.17) is 21.1 Å². The van der Waals surface area contributed by atoms with E-state index in [-0.39, 0.29) is 11.8 Å². The molecular weight excluding hydrogens is 234 g/mol. The second-order valence-electron chi connectivity index (χ2n) is 3.48. The van der Waals surface area contributed by atoms with E-state index < -0.39 is 4.92 Å². The molecule has 86 valence electrons. The van der Waals surface area contributed by atoms with Crippen molar-refractivity contribution in [3.63, 3.8) is 0 Å². The average Bonchev–Trinajstić information content (AvgIpc) is 2.73. The molecule has 6 heteroatoms. The molecule has 0 aliphatic carbocycles. The minimum Gasteiger partial charge on any atom is -0.486 e. The van der Waals surface area contributed by atoms with E-state index in [9.17, 15) is 10.1 Å².